The van der Waals surface area contributed by atoms with Crippen molar-refractivity contribution >= 4 is 33.4 Å². The van der Waals surface area contributed by atoms with Crippen molar-refractivity contribution < 1.29 is 19.8 Å². The van der Waals surface area contributed by atoms with Crippen LogP contribution in [0.3, 0.4) is 0 Å². The molecule has 1 unspecified atom stereocenters. The van der Waals surface area contributed by atoms with Gasteiger partial charge in [-0.1, -0.05) is 22.0 Å². The summed E-state index contributed by atoms with van der Waals surface area (Å²) in [4.78, 5) is 33.0. The summed E-state index contributed by atoms with van der Waals surface area (Å²) >= 11 is 3.29. The third-order valence-corrected chi connectivity index (χ3v) is 5.04. The molecule has 8 heteroatoms. The molecule has 0 radical (unpaired) electrons. The number of nitrogens with zero attached hydrogens (tertiary/aromatic N) is 3. The second-order valence-electron chi connectivity index (χ2n) is 6.74. The Morgan fingerprint density at radius 3 is 2.68 bits per heavy atom. The van der Waals surface area contributed by atoms with E-state index in [1.807, 2.05) is 19.0 Å². The molecule has 1 aromatic heterocycles. The molecule has 146 valence electrons. The van der Waals surface area contributed by atoms with Gasteiger partial charge in [0.1, 0.15) is 11.5 Å². The lowest BCUT2D eigenvalue weighted by Gasteiger charge is -2.26. The fraction of sp³-hybridized carbons (Fsp3) is 0.250. The van der Waals surface area contributed by atoms with E-state index < -0.39 is 23.5 Å². The number of aromatic nitrogens is 1. The van der Waals surface area contributed by atoms with Gasteiger partial charge in [-0.05, 0) is 43.9 Å². The number of benzene rings is 1. The first kappa shape index (κ1) is 20.0. The molecule has 0 spiro atoms. The van der Waals surface area contributed by atoms with Crippen LogP contribution in [0.4, 0.5) is 0 Å². The van der Waals surface area contributed by atoms with Crippen LogP contribution in [0.25, 0.3) is 5.76 Å². The minimum atomic E-state index is -0.788. The first-order valence-corrected chi connectivity index (χ1v) is 9.42. The number of hydrogen-bond acceptors (Lipinski definition) is 6. The van der Waals surface area contributed by atoms with Gasteiger partial charge in [0.2, 0.25) is 0 Å². The van der Waals surface area contributed by atoms with Gasteiger partial charge in [0.25, 0.3) is 11.7 Å². The normalized spacial score (nSPS) is 18.9. The van der Waals surface area contributed by atoms with E-state index in [0.29, 0.717) is 23.1 Å². The Balaban J connectivity index is 2.18. The molecule has 0 aliphatic carbocycles. The SMILES string of the molecule is CN(C)CCN1C(=O)C(=O)/C(=C(/O)c2cc(Br)ccc2O)C1c1cccnc1. The van der Waals surface area contributed by atoms with Crippen molar-refractivity contribution in [2.45, 2.75) is 6.04 Å². The van der Waals surface area contributed by atoms with Crippen molar-refractivity contribution in [3.05, 3.63) is 63.9 Å². The van der Waals surface area contributed by atoms with E-state index in [9.17, 15) is 19.8 Å². The number of likely N-dealkylation sites (N-methyl/N-ethyl adjacent to an activating group) is 1. The van der Waals surface area contributed by atoms with Gasteiger partial charge in [0, 0.05) is 30.0 Å². The topological polar surface area (TPSA) is 94.0 Å². The molecule has 2 aromatic rings. The minimum Gasteiger partial charge on any atom is -0.507 e. The Labute approximate surface area is 171 Å². The molecular weight excluding hydrogens is 426 g/mol. The summed E-state index contributed by atoms with van der Waals surface area (Å²) in [5, 5.41) is 21.1. The summed E-state index contributed by atoms with van der Waals surface area (Å²) in [6, 6.07) is 7.18. The highest BCUT2D eigenvalue weighted by Crippen LogP contribution is 2.40. The van der Waals surface area contributed by atoms with Crippen LogP contribution < -0.4 is 0 Å². The zero-order chi connectivity index (χ0) is 20.4. The standard InChI is InChI=1S/C20H20BrN3O4/c1-23(2)8-9-24-17(12-4-3-7-22-11-12)16(19(27)20(24)28)18(26)14-10-13(21)5-6-15(14)25/h3-7,10-11,17,25-26H,8-9H2,1-2H3/b18-16+. The summed E-state index contributed by atoms with van der Waals surface area (Å²) in [5.41, 5.74) is 0.621. The van der Waals surface area contributed by atoms with E-state index in [1.54, 1.807) is 30.6 Å². The molecule has 2 heterocycles. The van der Waals surface area contributed by atoms with E-state index >= 15 is 0 Å². The number of aliphatic hydroxyl groups excluding tert-OH is 1. The monoisotopic (exact) mass is 445 g/mol. The van der Waals surface area contributed by atoms with E-state index in [-0.39, 0.29) is 16.9 Å². The molecular formula is C20H20BrN3O4. The number of likely N-dealkylation sites (tertiary alicyclic amines) is 1. The quantitative estimate of drug-likeness (QED) is 0.417. The molecule has 28 heavy (non-hydrogen) atoms. The number of Topliss-reactive ketones (excluding diaryl/α,β-unsaturated/α-hetero) is 1. The highest BCUT2D eigenvalue weighted by Gasteiger charge is 2.46. The molecule has 3 rings (SSSR count). The first-order valence-electron chi connectivity index (χ1n) is 8.63. The Bertz CT molecular complexity index is 944. The lowest BCUT2D eigenvalue weighted by molar-refractivity contribution is -0.140. The van der Waals surface area contributed by atoms with Crippen LogP contribution in [0.2, 0.25) is 0 Å². The summed E-state index contributed by atoms with van der Waals surface area (Å²) in [7, 11) is 3.74. The van der Waals surface area contributed by atoms with Gasteiger partial charge < -0.3 is 20.0 Å². The smallest absolute Gasteiger partial charge is 0.295 e. The summed E-state index contributed by atoms with van der Waals surface area (Å²) in [6.45, 7) is 0.852. The second-order valence-corrected chi connectivity index (χ2v) is 7.66. The van der Waals surface area contributed by atoms with Gasteiger partial charge in [-0.2, -0.15) is 0 Å². The lowest BCUT2D eigenvalue weighted by Crippen LogP contribution is -2.35. The molecule has 1 saturated heterocycles. The van der Waals surface area contributed by atoms with Crippen LogP contribution in [0.1, 0.15) is 17.2 Å². The molecule has 0 saturated carbocycles. The van der Waals surface area contributed by atoms with E-state index in [1.165, 1.54) is 17.0 Å². The molecule has 1 aliphatic rings. The van der Waals surface area contributed by atoms with Crippen molar-refractivity contribution in [2.24, 2.45) is 0 Å². The van der Waals surface area contributed by atoms with Crippen molar-refractivity contribution in [3.63, 3.8) is 0 Å². The van der Waals surface area contributed by atoms with Gasteiger partial charge in [0.15, 0.2) is 0 Å². The van der Waals surface area contributed by atoms with Crippen LogP contribution in [0.15, 0.2) is 52.8 Å². The largest absolute Gasteiger partial charge is 0.507 e. The van der Waals surface area contributed by atoms with Crippen LogP contribution in [-0.2, 0) is 9.59 Å². The highest BCUT2D eigenvalue weighted by atomic mass is 79.9. The Hall–Kier alpha value is -2.71. The maximum atomic E-state index is 12.8. The summed E-state index contributed by atoms with van der Waals surface area (Å²) in [5.74, 6) is -2.08. The number of hydrogen-bond donors (Lipinski definition) is 2. The van der Waals surface area contributed by atoms with Crippen LogP contribution in [-0.4, -0.2) is 63.9 Å². The maximum Gasteiger partial charge on any atom is 0.295 e. The number of phenolic OH excluding ortho intramolecular Hbond substituents is 1. The average molecular weight is 446 g/mol. The third-order valence-electron chi connectivity index (χ3n) is 4.54. The summed E-state index contributed by atoms with van der Waals surface area (Å²) in [6.07, 6.45) is 3.16. The molecule has 0 bridgehead atoms. The van der Waals surface area contributed by atoms with E-state index in [0.717, 1.165) is 0 Å². The number of aromatic hydroxyl groups is 1. The molecule has 1 atom stereocenters. The maximum absolute atomic E-state index is 12.8. The molecule has 1 aliphatic heterocycles. The van der Waals surface area contributed by atoms with Gasteiger partial charge >= 0.3 is 0 Å². The predicted octanol–water partition coefficient (Wildman–Crippen LogP) is 2.53. The molecule has 1 fully saturated rings. The second kappa shape index (κ2) is 8.12. The lowest BCUT2D eigenvalue weighted by atomic mass is 9.96. The minimum absolute atomic E-state index is 0.0647. The fourth-order valence-corrected chi connectivity index (χ4v) is 3.51. The zero-order valence-corrected chi connectivity index (χ0v) is 17.0. The van der Waals surface area contributed by atoms with Gasteiger partial charge in [0.05, 0.1) is 17.2 Å². The number of carbonyl (C=O) groups is 2. The number of halogens is 1. The third kappa shape index (κ3) is 3.79. The van der Waals surface area contributed by atoms with Gasteiger partial charge in [-0.15, -0.1) is 0 Å². The number of rotatable bonds is 5. The number of pyridine rings is 1. The van der Waals surface area contributed by atoms with Crippen LogP contribution in [0.5, 0.6) is 5.75 Å². The first-order chi connectivity index (χ1) is 13.3. The Kier molecular flexibility index (Phi) is 5.81. The Morgan fingerprint density at radius 1 is 1.29 bits per heavy atom. The fourth-order valence-electron chi connectivity index (χ4n) is 3.15. The molecule has 7 nitrogen and oxygen atoms in total. The Morgan fingerprint density at radius 2 is 2.04 bits per heavy atom. The van der Waals surface area contributed by atoms with Crippen LogP contribution in [0, 0.1) is 0 Å². The molecule has 1 aromatic carbocycles. The number of amides is 1. The molecule has 1 amide bonds. The average Bonchev–Trinajstić information content (AvgIpc) is 2.93. The van der Waals surface area contributed by atoms with Crippen molar-refractivity contribution in [3.8, 4) is 5.75 Å². The van der Waals surface area contributed by atoms with Gasteiger partial charge in [-0.3, -0.25) is 14.6 Å². The van der Waals surface area contributed by atoms with Crippen molar-refractivity contribution in [1.29, 1.82) is 0 Å². The van der Waals surface area contributed by atoms with E-state index in [4.69, 9.17) is 0 Å². The summed E-state index contributed by atoms with van der Waals surface area (Å²) < 4.78 is 0.617. The van der Waals surface area contributed by atoms with Gasteiger partial charge in [-0.25, -0.2) is 0 Å². The predicted molar refractivity (Wildman–Crippen MR) is 108 cm³/mol. The van der Waals surface area contributed by atoms with Crippen LogP contribution >= 0.6 is 15.9 Å². The number of aliphatic hydroxyl groups is 1. The zero-order valence-electron chi connectivity index (χ0n) is 15.5. The van der Waals surface area contributed by atoms with Crippen molar-refractivity contribution in [1.82, 2.24) is 14.8 Å². The van der Waals surface area contributed by atoms with Crippen molar-refractivity contribution in [2.75, 3.05) is 27.2 Å². The number of carbonyl (C=O) groups excluding carboxylic acids is 2. The molecule has 2 N–H and O–H groups in total. The number of ketones is 1. The van der Waals surface area contributed by atoms with E-state index in [2.05, 4.69) is 20.9 Å². The number of phenols is 1. The highest BCUT2D eigenvalue weighted by molar-refractivity contribution is 9.10.